The van der Waals surface area contributed by atoms with Gasteiger partial charge in [-0.05, 0) is 18.2 Å². The van der Waals surface area contributed by atoms with Crippen molar-refractivity contribution in [1.29, 1.82) is 0 Å². The van der Waals surface area contributed by atoms with E-state index in [4.69, 9.17) is 17.1 Å². The van der Waals surface area contributed by atoms with Crippen molar-refractivity contribution in [3.63, 3.8) is 0 Å². The summed E-state index contributed by atoms with van der Waals surface area (Å²) in [5.74, 6) is -0.417. The topological polar surface area (TPSA) is 65.5 Å². The fourth-order valence-electron chi connectivity index (χ4n) is 1.23. The van der Waals surface area contributed by atoms with Gasteiger partial charge in [0.05, 0.1) is 11.3 Å². The number of carbonyl (C=O) groups excluding carboxylic acids is 1. The number of rotatable bonds is 0. The molecule has 1 aromatic carbocycles. The van der Waals surface area contributed by atoms with Gasteiger partial charge >= 0.3 is 11.6 Å². The number of nitrogens with zero attached hydrogens (tertiary/aromatic N) is 2. The molecule has 2 rings (SSSR count). The third kappa shape index (κ3) is 1.13. The van der Waals surface area contributed by atoms with Gasteiger partial charge in [0.15, 0.2) is 0 Å². The van der Waals surface area contributed by atoms with Crippen LogP contribution in [0.15, 0.2) is 18.2 Å². The quantitative estimate of drug-likeness (QED) is 0.490. The van der Waals surface area contributed by atoms with Gasteiger partial charge in [0.1, 0.15) is 0 Å². The number of halogens is 1. The van der Waals surface area contributed by atoms with E-state index in [9.17, 15) is 4.79 Å². The summed E-state index contributed by atoms with van der Waals surface area (Å²) in [5, 5.41) is 3.05. The van der Waals surface area contributed by atoms with Gasteiger partial charge in [0, 0.05) is 5.02 Å². The number of hydrogen-bond donors (Lipinski definition) is 1. The van der Waals surface area contributed by atoms with E-state index in [1.807, 2.05) is 0 Å². The monoisotopic (exact) mass is 193 g/mol. The van der Waals surface area contributed by atoms with Crippen molar-refractivity contribution in [3.8, 4) is 0 Å². The van der Waals surface area contributed by atoms with Gasteiger partial charge in [-0.15, -0.1) is 0 Å². The fourth-order valence-corrected chi connectivity index (χ4v) is 1.40. The molecule has 0 saturated heterocycles. The van der Waals surface area contributed by atoms with Crippen LogP contribution < -0.4 is 5.32 Å². The molecule has 13 heavy (non-hydrogen) atoms. The predicted octanol–water partition coefficient (Wildman–Crippen LogP) is 1.31. The maximum atomic E-state index is 11.1. The Morgan fingerprint density at radius 2 is 2.23 bits per heavy atom. The van der Waals surface area contributed by atoms with Gasteiger partial charge in [-0.3, -0.25) is 4.79 Å². The van der Waals surface area contributed by atoms with Crippen molar-refractivity contribution >= 4 is 28.9 Å². The summed E-state index contributed by atoms with van der Waals surface area (Å²) in [6.45, 7) is 0. The Hall–Kier alpha value is -1.64. The lowest BCUT2D eigenvalue weighted by Crippen LogP contribution is -2.14. The summed E-state index contributed by atoms with van der Waals surface area (Å²) in [7, 11) is 0. The third-order valence-electron chi connectivity index (χ3n) is 1.80. The second-order valence-electron chi connectivity index (χ2n) is 2.59. The van der Waals surface area contributed by atoms with Crippen LogP contribution >= 0.6 is 11.6 Å². The molecule has 4 nitrogen and oxygen atoms in total. The molecule has 0 bridgehead atoms. The highest BCUT2D eigenvalue weighted by Gasteiger charge is 2.33. The molecule has 0 aromatic heterocycles. The number of nitrogens with one attached hydrogen (secondary N) is 1. The lowest BCUT2D eigenvalue weighted by molar-refractivity contribution is -0.114. The van der Waals surface area contributed by atoms with E-state index in [0.717, 1.165) is 0 Å². The lowest BCUT2D eigenvalue weighted by Gasteiger charge is -1.94. The van der Waals surface area contributed by atoms with Crippen LogP contribution in [-0.2, 0) is 4.79 Å². The van der Waals surface area contributed by atoms with Crippen LogP contribution in [0.4, 0.5) is 5.69 Å². The van der Waals surface area contributed by atoms with Gasteiger partial charge in [0.2, 0.25) is 0 Å². The van der Waals surface area contributed by atoms with Crippen LogP contribution in [0.2, 0.25) is 5.02 Å². The molecule has 0 unspecified atom stereocenters. The largest absolute Gasteiger partial charge is 0.388 e. The van der Waals surface area contributed by atoms with E-state index in [2.05, 4.69) is 10.1 Å². The maximum absolute atomic E-state index is 11.1. The van der Waals surface area contributed by atoms with E-state index < -0.39 is 5.91 Å². The Labute approximate surface area is 78.8 Å². The lowest BCUT2D eigenvalue weighted by atomic mass is 10.1. The van der Waals surface area contributed by atoms with E-state index in [0.29, 0.717) is 16.3 Å². The van der Waals surface area contributed by atoms with Gasteiger partial charge < -0.3 is 10.8 Å². The molecule has 0 saturated carbocycles. The minimum Gasteiger partial charge on any atom is -0.361 e. The smallest absolute Gasteiger partial charge is 0.361 e. The summed E-state index contributed by atoms with van der Waals surface area (Å²) in [6, 6.07) is 4.86. The number of hydrogen-bond acceptors (Lipinski definition) is 1. The molecule has 0 spiro atoms. The zero-order chi connectivity index (χ0) is 9.42. The van der Waals surface area contributed by atoms with Crippen LogP contribution in [0, 0.1) is 0 Å². The van der Waals surface area contributed by atoms with E-state index in [1.165, 1.54) is 0 Å². The first-order valence-corrected chi connectivity index (χ1v) is 3.93. The Kier molecular flexibility index (Phi) is 1.65. The summed E-state index contributed by atoms with van der Waals surface area (Å²) in [5.41, 5.74) is 9.71. The Morgan fingerprint density at radius 1 is 1.46 bits per heavy atom. The van der Waals surface area contributed by atoms with Crippen LogP contribution in [0.25, 0.3) is 5.53 Å². The highest BCUT2D eigenvalue weighted by atomic mass is 35.5. The first-order chi connectivity index (χ1) is 6.22. The van der Waals surface area contributed by atoms with Crippen LogP contribution in [0.5, 0.6) is 0 Å². The van der Waals surface area contributed by atoms with Crippen molar-refractivity contribution in [3.05, 3.63) is 34.3 Å². The number of amides is 1. The van der Waals surface area contributed by atoms with Crippen LogP contribution in [0.1, 0.15) is 5.56 Å². The highest BCUT2D eigenvalue weighted by Crippen LogP contribution is 2.25. The van der Waals surface area contributed by atoms with E-state index >= 15 is 0 Å². The maximum Gasteiger partial charge on any atom is 0.388 e. The number of carbonyl (C=O) groups is 1. The average Bonchev–Trinajstić information content (AvgIpc) is 2.39. The minimum absolute atomic E-state index is 0.0201. The van der Waals surface area contributed by atoms with Gasteiger partial charge in [0.25, 0.3) is 0 Å². The van der Waals surface area contributed by atoms with Gasteiger partial charge in [-0.25, -0.2) is 0 Å². The highest BCUT2D eigenvalue weighted by molar-refractivity contribution is 6.52. The molecular weight excluding hydrogens is 190 g/mol. The Balaban J connectivity index is 2.68. The number of anilines is 1. The molecule has 0 atom stereocenters. The van der Waals surface area contributed by atoms with Crippen molar-refractivity contribution in [2.45, 2.75) is 0 Å². The van der Waals surface area contributed by atoms with E-state index in [-0.39, 0.29) is 5.71 Å². The fraction of sp³-hybridized carbons (Fsp3) is 0. The molecular formula is C8H4ClN3O. The zero-order valence-corrected chi connectivity index (χ0v) is 7.17. The molecule has 1 aromatic rings. The molecule has 64 valence electrons. The van der Waals surface area contributed by atoms with Crippen molar-refractivity contribution in [1.82, 2.24) is 0 Å². The Bertz CT molecular complexity index is 449. The first kappa shape index (κ1) is 7.98. The van der Waals surface area contributed by atoms with Crippen molar-refractivity contribution in [2.75, 3.05) is 5.32 Å². The molecule has 5 heteroatoms. The normalized spacial score (nSPS) is 13.6. The van der Waals surface area contributed by atoms with E-state index in [1.54, 1.807) is 18.2 Å². The Morgan fingerprint density at radius 3 is 2.92 bits per heavy atom. The first-order valence-electron chi connectivity index (χ1n) is 3.55. The van der Waals surface area contributed by atoms with Crippen molar-refractivity contribution in [2.24, 2.45) is 0 Å². The van der Waals surface area contributed by atoms with Crippen LogP contribution in [-0.4, -0.2) is 16.4 Å². The summed E-state index contributed by atoms with van der Waals surface area (Å²) in [4.78, 5) is 14.0. The molecule has 0 fully saturated rings. The minimum atomic E-state index is -0.417. The zero-order valence-electron chi connectivity index (χ0n) is 6.41. The molecule has 1 aliphatic rings. The standard InChI is InChI=1S/C8H4ClN3O/c9-4-1-2-5-6(3-4)11-8(13)7(5)12-10/h1-3H,(H,11,13). The molecule has 1 N–H and O–H groups in total. The average molecular weight is 194 g/mol. The van der Waals surface area contributed by atoms with Gasteiger partial charge in [-0.2, -0.15) is 4.79 Å². The van der Waals surface area contributed by atoms with Crippen molar-refractivity contribution < 1.29 is 9.58 Å². The van der Waals surface area contributed by atoms with Gasteiger partial charge in [-0.1, -0.05) is 11.6 Å². The van der Waals surface area contributed by atoms with Crippen LogP contribution in [0.3, 0.4) is 0 Å². The molecule has 1 heterocycles. The molecule has 0 aliphatic carbocycles. The molecule has 0 radical (unpaired) electrons. The number of benzene rings is 1. The summed E-state index contributed by atoms with van der Waals surface area (Å²) in [6.07, 6.45) is 0. The molecule has 1 amide bonds. The number of fused-ring (bicyclic) bond motifs is 1. The second-order valence-corrected chi connectivity index (χ2v) is 3.03. The summed E-state index contributed by atoms with van der Waals surface area (Å²) < 4.78 is 0. The molecule has 1 aliphatic heterocycles. The predicted molar refractivity (Wildman–Crippen MR) is 47.8 cm³/mol. The summed E-state index contributed by atoms with van der Waals surface area (Å²) >= 11 is 5.71. The second kappa shape index (κ2) is 2.69. The third-order valence-corrected chi connectivity index (χ3v) is 2.04. The SMILES string of the molecule is [N-]=[N+]=C1C(=O)Nc2cc(Cl)ccc21.